The number of aromatic nitrogens is 5. The fraction of sp³-hybridized carbons (Fsp3) is 0.545. The van der Waals surface area contributed by atoms with Crippen LogP contribution in [0.5, 0.6) is 0 Å². The predicted octanol–water partition coefficient (Wildman–Crippen LogP) is 3.48. The van der Waals surface area contributed by atoms with Gasteiger partial charge in [0.05, 0.1) is 18.1 Å². The Morgan fingerprint density at radius 2 is 2.14 bits per heavy atom. The van der Waals surface area contributed by atoms with Crippen molar-refractivity contribution in [3.8, 4) is 11.3 Å². The first-order valence-corrected chi connectivity index (χ1v) is 10.7. The zero-order valence-corrected chi connectivity index (χ0v) is 17.3. The van der Waals surface area contributed by atoms with Crippen LogP contribution in [-0.2, 0) is 6.54 Å². The van der Waals surface area contributed by atoms with E-state index in [0.29, 0.717) is 17.1 Å². The summed E-state index contributed by atoms with van der Waals surface area (Å²) in [5.41, 5.74) is 4.09. The van der Waals surface area contributed by atoms with Crippen molar-refractivity contribution < 1.29 is 4.79 Å². The molecular formula is C22H28N6O. The Labute approximate surface area is 170 Å². The number of carbonyl (C=O) groups is 1. The summed E-state index contributed by atoms with van der Waals surface area (Å²) < 4.78 is 3.71. The molecule has 2 aliphatic carbocycles. The fourth-order valence-corrected chi connectivity index (χ4v) is 5.57. The Kier molecular flexibility index (Phi) is 4.41. The number of fused-ring (bicyclic) bond motifs is 3. The number of nitrogens with zero attached hydrogens (tertiary/aromatic N) is 5. The highest BCUT2D eigenvalue weighted by Crippen LogP contribution is 2.49. The van der Waals surface area contributed by atoms with E-state index in [-0.39, 0.29) is 11.9 Å². The molecule has 5 rings (SSSR count). The quantitative estimate of drug-likeness (QED) is 0.721. The van der Waals surface area contributed by atoms with Crippen molar-refractivity contribution in [2.24, 2.45) is 17.8 Å². The van der Waals surface area contributed by atoms with Gasteiger partial charge in [0.1, 0.15) is 5.56 Å². The Hall–Kier alpha value is -2.70. The summed E-state index contributed by atoms with van der Waals surface area (Å²) >= 11 is 0. The van der Waals surface area contributed by atoms with E-state index in [4.69, 9.17) is 0 Å². The Bertz CT molecular complexity index is 1070. The van der Waals surface area contributed by atoms with Crippen molar-refractivity contribution in [3.63, 3.8) is 0 Å². The van der Waals surface area contributed by atoms with Crippen LogP contribution in [-0.4, -0.2) is 36.3 Å². The topological polar surface area (TPSA) is 77.1 Å². The highest BCUT2D eigenvalue weighted by Gasteiger charge is 2.42. The van der Waals surface area contributed by atoms with E-state index in [0.717, 1.165) is 35.3 Å². The second kappa shape index (κ2) is 6.97. The number of hydrogen-bond acceptors (Lipinski definition) is 4. The summed E-state index contributed by atoms with van der Waals surface area (Å²) in [6.07, 6.45) is 10.5. The van der Waals surface area contributed by atoms with Crippen LogP contribution in [0, 0.1) is 24.7 Å². The number of carbonyl (C=O) groups excluding carboxylic acids is 1. The van der Waals surface area contributed by atoms with Gasteiger partial charge in [-0.3, -0.25) is 9.48 Å². The van der Waals surface area contributed by atoms with E-state index in [2.05, 4.69) is 34.3 Å². The van der Waals surface area contributed by atoms with Gasteiger partial charge in [0, 0.05) is 30.0 Å². The maximum atomic E-state index is 13.0. The maximum absolute atomic E-state index is 13.0. The molecule has 4 atom stereocenters. The summed E-state index contributed by atoms with van der Waals surface area (Å²) in [5, 5.41) is 12.2. The van der Waals surface area contributed by atoms with Gasteiger partial charge in [0.25, 0.3) is 5.91 Å². The predicted molar refractivity (Wildman–Crippen MR) is 110 cm³/mol. The van der Waals surface area contributed by atoms with Crippen molar-refractivity contribution in [2.45, 2.75) is 59.0 Å². The molecule has 3 heterocycles. The molecule has 0 aromatic carbocycles. The molecule has 1 amide bonds. The van der Waals surface area contributed by atoms with Gasteiger partial charge in [-0.1, -0.05) is 6.42 Å². The van der Waals surface area contributed by atoms with Crippen LogP contribution in [0.15, 0.2) is 24.7 Å². The average molecular weight is 393 g/mol. The van der Waals surface area contributed by atoms with E-state index in [1.165, 1.54) is 25.7 Å². The summed E-state index contributed by atoms with van der Waals surface area (Å²) in [6, 6.07) is 2.10. The summed E-state index contributed by atoms with van der Waals surface area (Å²) in [4.78, 5) is 17.5. The molecule has 0 radical (unpaired) electrons. The average Bonchev–Trinajstić information content (AvgIpc) is 3.50. The molecule has 2 aliphatic rings. The van der Waals surface area contributed by atoms with E-state index in [9.17, 15) is 4.79 Å². The molecule has 1 N–H and O–H groups in total. The Morgan fingerprint density at radius 1 is 1.28 bits per heavy atom. The molecule has 0 aliphatic heterocycles. The normalized spacial score (nSPS) is 24.3. The lowest BCUT2D eigenvalue weighted by molar-refractivity contribution is 0.0917. The van der Waals surface area contributed by atoms with Gasteiger partial charge in [-0.15, -0.1) is 0 Å². The second-order valence-electron chi connectivity index (χ2n) is 8.68. The van der Waals surface area contributed by atoms with Crippen LogP contribution < -0.4 is 5.32 Å². The first-order chi connectivity index (χ1) is 14.1. The molecule has 0 unspecified atom stereocenters. The number of hydrogen-bond donors (Lipinski definition) is 1. The van der Waals surface area contributed by atoms with Crippen LogP contribution in [0.2, 0.25) is 0 Å². The van der Waals surface area contributed by atoms with Gasteiger partial charge in [0.15, 0.2) is 5.65 Å². The van der Waals surface area contributed by atoms with Gasteiger partial charge in [0.2, 0.25) is 0 Å². The number of rotatable bonds is 5. The number of amides is 1. The van der Waals surface area contributed by atoms with Gasteiger partial charge in [-0.05, 0) is 63.9 Å². The summed E-state index contributed by atoms with van der Waals surface area (Å²) in [7, 11) is 0. The summed E-state index contributed by atoms with van der Waals surface area (Å²) in [5.74, 6) is 2.17. The first-order valence-electron chi connectivity index (χ1n) is 10.7. The van der Waals surface area contributed by atoms with E-state index in [1.54, 1.807) is 16.9 Å². The minimum Gasteiger partial charge on any atom is -0.349 e. The third kappa shape index (κ3) is 2.94. The minimum absolute atomic E-state index is 0.0825. The zero-order chi connectivity index (χ0) is 20.1. The molecule has 3 aromatic heterocycles. The summed E-state index contributed by atoms with van der Waals surface area (Å²) in [6.45, 7) is 7.08. The molecule has 29 heavy (non-hydrogen) atoms. The largest absolute Gasteiger partial charge is 0.349 e. The molecule has 2 saturated carbocycles. The maximum Gasteiger partial charge on any atom is 0.256 e. The Morgan fingerprint density at radius 3 is 2.83 bits per heavy atom. The molecular weight excluding hydrogens is 364 g/mol. The van der Waals surface area contributed by atoms with E-state index >= 15 is 0 Å². The lowest BCUT2D eigenvalue weighted by atomic mass is 9.84. The van der Waals surface area contributed by atoms with Crippen LogP contribution in [0.3, 0.4) is 0 Å². The molecule has 2 bridgehead atoms. The van der Waals surface area contributed by atoms with Gasteiger partial charge >= 0.3 is 0 Å². The van der Waals surface area contributed by atoms with Crippen molar-refractivity contribution in [1.82, 2.24) is 29.7 Å². The molecule has 7 heteroatoms. The Balaban J connectivity index is 1.42. The first kappa shape index (κ1) is 18.3. The third-order valence-electron chi connectivity index (χ3n) is 7.12. The highest BCUT2D eigenvalue weighted by molar-refractivity contribution is 6.00. The fourth-order valence-electron chi connectivity index (χ4n) is 5.57. The molecule has 7 nitrogen and oxygen atoms in total. The highest BCUT2D eigenvalue weighted by atomic mass is 16.1. The van der Waals surface area contributed by atoms with E-state index in [1.807, 2.05) is 23.9 Å². The minimum atomic E-state index is -0.0825. The molecule has 2 fully saturated rings. The zero-order valence-electron chi connectivity index (χ0n) is 17.3. The van der Waals surface area contributed by atoms with E-state index < -0.39 is 0 Å². The standard InChI is InChI=1S/C22H28N6O/c1-4-27-14(3)18(11-24-27)20-7-8-23-21-19(12-25-28(20)21)22(29)26-13(2)17-10-15-5-6-16(17)9-15/h7-8,11-13,15-17H,4-6,9-10H2,1-3H3,(H,26,29)/t13-,15-,16-,17-/m0/s1. The van der Waals surface area contributed by atoms with Crippen molar-refractivity contribution in [1.29, 1.82) is 0 Å². The lowest BCUT2D eigenvalue weighted by Gasteiger charge is -2.28. The molecule has 3 aromatic rings. The van der Waals surface area contributed by atoms with Gasteiger partial charge < -0.3 is 5.32 Å². The van der Waals surface area contributed by atoms with Crippen molar-refractivity contribution in [2.75, 3.05) is 0 Å². The smallest absolute Gasteiger partial charge is 0.256 e. The van der Waals surface area contributed by atoms with Crippen molar-refractivity contribution >= 4 is 11.6 Å². The lowest BCUT2D eigenvalue weighted by Crippen LogP contribution is -2.40. The third-order valence-corrected chi connectivity index (χ3v) is 7.12. The SMILES string of the molecule is CCn1ncc(-c2ccnc3c(C(=O)N[C@@H](C)[C@@H]4C[C@H]5CC[C@H]4C5)cnn23)c1C. The molecule has 0 saturated heterocycles. The van der Waals surface area contributed by atoms with Crippen LogP contribution in [0.1, 0.15) is 55.6 Å². The monoisotopic (exact) mass is 392 g/mol. The van der Waals surface area contributed by atoms with Crippen LogP contribution in [0.4, 0.5) is 0 Å². The number of nitrogens with one attached hydrogen (secondary N) is 1. The van der Waals surface area contributed by atoms with Gasteiger partial charge in [-0.2, -0.15) is 10.2 Å². The van der Waals surface area contributed by atoms with Crippen molar-refractivity contribution in [3.05, 3.63) is 35.9 Å². The van der Waals surface area contributed by atoms with Crippen LogP contribution in [0.25, 0.3) is 16.9 Å². The van der Waals surface area contributed by atoms with Gasteiger partial charge in [-0.25, -0.2) is 9.50 Å². The molecule has 152 valence electrons. The van der Waals surface area contributed by atoms with Crippen LogP contribution >= 0.6 is 0 Å². The molecule has 0 spiro atoms. The number of aryl methyl sites for hydroxylation is 1. The second-order valence-corrected chi connectivity index (χ2v) is 8.68.